The van der Waals surface area contributed by atoms with Gasteiger partial charge >= 0.3 is 0 Å². The molecule has 0 unspecified atom stereocenters. The van der Waals surface area contributed by atoms with Gasteiger partial charge in [-0.1, -0.05) is 42.5 Å². The standard InChI is InChI=1S/C20H25N3O/c1-22-13-15-23(16-14-22)19-10-6-5-9-18(19)21-20(24)12-11-17-7-3-2-4-8-17/h2-10H,11-16H2,1H3,(H,21,24)/p+1. The van der Waals surface area contributed by atoms with Gasteiger partial charge in [-0.2, -0.15) is 0 Å². The van der Waals surface area contributed by atoms with Gasteiger partial charge in [-0.3, -0.25) is 4.79 Å². The fourth-order valence-corrected chi connectivity index (χ4v) is 3.10. The Kier molecular flexibility index (Phi) is 5.49. The van der Waals surface area contributed by atoms with Gasteiger partial charge in [0.2, 0.25) is 5.91 Å². The number of quaternary nitrogens is 1. The zero-order valence-electron chi connectivity index (χ0n) is 14.3. The molecule has 0 aromatic heterocycles. The summed E-state index contributed by atoms with van der Waals surface area (Å²) in [5, 5.41) is 3.10. The van der Waals surface area contributed by atoms with Gasteiger partial charge in [-0.15, -0.1) is 0 Å². The van der Waals surface area contributed by atoms with E-state index >= 15 is 0 Å². The minimum absolute atomic E-state index is 0.0751. The molecule has 1 aliphatic rings. The molecule has 1 heterocycles. The number of nitrogens with zero attached hydrogens (tertiary/aromatic N) is 1. The van der Waals surface area contributed by atoms with Crippen LogP contribution in [0.15, 0.2) is 54.6 Å². The van der Waals surface area contributed by atoms with Crippen LogP contribution in [0.25, 0.3) is 0 Å². The maximum absolute atomic E-state index is 12.3. The van der Waals surface area contributed by atoms with Crippen LogP contribution < -0.4 is 15.1 Å². The Hall–Kier alpha value is -2.33. The minimum Gasteiger partial charge on any atom is -0.359 e. The van der Waals surface area contributed by atoms with E-state index in [1.807, 2.05) is 36.4 Å². The second-order valence-corrected chi connectivity index (χ2v) is 6.50. The molecule has 4 nitrogen and oxygen atoms in total. The molecule has 1 fully saturated rings. The van der Waals surface area contributed by atoms with Crippen molar-refractivity contribution in [1.29, 1.82) is 0 Å². The van der Waals surface area contributed by atoms with Crippen molar-refractivity contribution in [1.82, 2.24) is 0 Å². The smallest absolute Gasteiger partial charge is 0.224 e. The third-order valence-electron chi connectivity index (χ3n) is 4.62. The Morgan fingerprint density at radius 3 is 2.46 bits per heavy atom. The number of carbonyl (C=O) groups excluding carboxylic acids is 1. The molecular weight excluding hydrogens is 298 g/mol. The van der Waals surface area contributed by atoms with Crippen molar-refractivity contribution in [2.24, 2.45) is 0 Å². The molecule has 2 aromatic carbocycles. The maximum atomic E-state index is 12.3. The number of piperazine rings is 1. The number of benzene rings is 2. The lowest BCUT2D eigenvalue weighted by molar-refractivity contribution is -0.880. The fourth-order valence-electron chi connectivity index (χ4n) is 3.10. The van der Waals surface area contributed by atoms with Crippen LogP contribution in [0, 0.1) is 0 Å². The SMILES string of the molecule is C[NH+]1CCN(c2ccccc2NC(=O)CCc2ccccc2)CC1. The van der Waals surface area contributed by atoms with Crippen LogP contribution in [-0.2, 0) is 11.2 Å². The Morgan fingerprint density at radius 2 is 1.71 bits per heavy atom. The number of likely N-dealkylation sites (N-methyl/N-ethyl adjacent to an activating group) is 1. The molecule has 0 bridgehead atoms. The lowest BCUT2D eigenvalue weighted by atomic mass is 10.1. The normalized spacial score (nSPS) is 15.3. The summed E-state index contributed by atoms with van der Waals surface area (Å²) in [6.07, 6.45) is 1.28. The molecule has 0 radical (unpaired) electrons. The summed E-state index contributed by atoms with van der Waals surface area (Å²) in [5.41, 5.74) is 3.26. The number of aryl methyl sites for hydroxylation is 1. The summed E-state index contributed by atoms with van der Waals surface area (Å²) >= 11 is 0. The predicted molar refractivity (Wildman–Crippen MR) is 98.7 cm³/mol. The Balaban J connectivity index is 1.61. The highest BCUT2D eigenvalue weighted by Gasteiger charge is 2.19. The molecule has 0 aliphatic carbocycles. The van der Waals surface area contributed by atoms with Gasteiger partial charge in [0.1, 0.15) is 0 Å². The van der Waals surface area contributed by atoms with E-state index in [1.54, 1.807) is 4.90 Å². The van der Waals surface area contributed by atoms with Crippen LogP contribution in [0.5, 0.6) is 0 Å². The summed E-state index contributed by atoms with van der Waals surface area (Å²) in [4.78, 5) is 16.3. The highest BCUT2D eigenvalue weighted by atomic mass is 16.1. The number of hydrogen-bond acceptors (Lipinski definition) is 2. The first-order valence-electron chi connectivity index (χ1n) is 8.71. The molecule has 126 valence electrons. The molecule has 0 spiro atoms. The monoisotopic (exact) mass is 324 g/mol. The van der Waals surface area contributed by atoms with Crippen molar-refractivity contribution in [3.63, 3.8) is 0 Å². The number of nitrogens with one attached hydrogen (secondary N) is 2. The van der Waals surface area contributed by atoms with E-state index in [0.717, 1.165) is 44.0 Å². The summed E-state index contributed by atoms with van der Waals surface area (Å²) in [6.45, 7) is 4.33. The third kappa shape index (κ3) is 4.36. The zero-order chi connectivity index (χ0) is 16.8. The molecular formula is C20H26N3O+. The highest BCUT2D eigenvalue weighted by Crippen LogP contribution is 2.25. The maximum Gasteiger partial charge on any atom is 0.224 e. The van der Waals surface area contributed by atoms with Crippen LogP contribution in [-0.4, -0.2) is 39.1 Å². The van der Waals surface area contributed by atoms with Gasteiger partial charge < -0.3 is 15.1 Å². The minimum atomic E-state index is 0.0751. The van der Waals surface area contributed by atoms with Crippen molar-refractivity contribution in [2.75, 3.05) is 43.4 Å². The first-order chi connectivity index (χ1) is 11.7. The lowest BCUT2D eigenvalue weighted by Crippen LogP contribution is -3.12. The topological polar surface area (TPSA) is 36.8 Å². The Labute approximate surface area is 144 Å². The Bertz CT molecular complexity index is 664. The second kappa shape index (κ2) is 7.97. The van der Waals surface area contributed by atoms with Crippen LogP contribution in [0.2, 0.25) is 0 Å². The molecule has 1 saturated heterocycles. The number of anilines is 2. The average molecular weight is 324 g/mol. The molecule has 0 saturated carbocycles. The summed E-state index contributed by atoms with van der Waals surface area (Å²) in [7, 11) is 2.23. The molecule has 2 aromatic rings. The van der Waals surface area contributed by atoms with E-state index in [9.17, 15) is 4.79 Å². The molecule has 24 heavy (non-hydrogen) atoms. The van der Waals surface area contributed by atoms with E-state index in [2.05, 4.69) is 35.5 Å². The average Bonchev–Trinajstić information content (AvgIpc) is 2.62. The van der Waals surface area contributed by atoms with Gasteiger partial charge in [-0.05, 0) is 24.1 Å². The van der Waals surface area contributed by atoms with Gasteiger partial charge in [0.15, 0.2) is 0 Å². The van der Waals surface area contributed by atoms with Gasteiger partial charge in [0.25, 0.3) is 0 Å². The van der Waals surface area contributed by atoms with E-state index in [0.29, 0.717) is 6.42 Å². The van der Waals surface area contributed by atoms with Crippen LogP contribution in [0.4, 0.5) is 11.4 Å². The summed E-state index contributed by atoms with van der Waals surface area (Å²) < 4.78 is 0. The number of carbonyl (C=O) groups is 1. The van der Waals surface area contributed by atoms with Crippen molar-refractivity contribution in [3.05, 3.63) is 60.2 Å². The molecule has 3 rings (SSSR count). The van der Waals surface area contributed by atoms with Gasteiger partial charge in [-0.25, -0.2) is 0 Å². The molecule has 0 atom stereocenters. The van der Waals surface area contributed by atoms with E-state index in [1.165, 1.54) is 5.56 Å². The third-order valence-corrected chi connectivity index (χ3v) is 4.62. The predicted octanol–water partition coefficient (Wildman–Crippen LogP) is 1.59. The number of para-hydroxylation sites is 2. The largest absolute Gasteiger partial charge is 0.359 e. The molecule has 4 heteroatoms. The number of rotatable bonds is 5. The first-order valence-corrected chi connectivity index (χ1v) is 8.71. The first kappa shape index (κ1) is 16.5. The van der Waals surface area contributed by atoms with Crippen molar-refractivity contribution >= 4 is 17.3 Å². The number of hydrogen-bond donors (Lipinski definition) is 2. The summed E-state index contributed by atoms with van der Waals surface area (Å²) in [5.74, 6) is 0.0751. The van der Waals surface area contributed by atoms with Gasteiger partial charge in [0.05, 0.1) is 44.6 Å². The van der Waals surface area contributed by atoms with Crippen LogP contribution >= 0.6 is 0 Å². The highest BCUT2D eigenvalue weighted by molar-refractivity contribution is 5.94. The van der Waals surface area contributed by atoms with E-state index < -0.39 is 0 Å². The second-order valence-electron chi connectivity index (χ2n) is 6.50. The van der Waals surface area contributed by atoms with Crippen LogP contribution in [0.1, 0.15) is 12.0 Å². The lowest BCUT2D eigenvalue weighted by Gasteiger charge is -2.33. The quantitative estimate of drug-likeness (QED) is 0.876. The molecule has 2 N–H and O–H groups in total. The zero-order valence-corrected chi connectivity index (χ0v) is 14.3. The fraction of sp³-hybridized carbons (Fsp3) is 0.350. The van der Waals surface area contributed by atoms with E-state index in [4.69, 9.17) is 0 Å². The van der Waals surface area contributed by atoms with Crippen LogP contribution in [0.3, 0.4) is 0 Å². The molecule has 1 amide bonds. The van der Waals surface area contributed by atoms with Gasteiger partial charge in [0, 0.05) is 6.42 Å². The van der Waals surface area contributed by atoms with Crippen molar-refractivity contribution in [2.45, 2.75) is 12.8 Å². The van der Waals surface area contributed by atoms with E-state index in [-0.39, 0.29) is 5.91 Å². The number of amides is 1. The molecule has 1 aliphatic heterocycles. The Morgan fingerprint density at radius 1 is 1.04 bits per heavy atom. The summed E-state index contributed by atoms with van der Waals surface area (Å²) in [6, 6.07) is 18.3. The van der Waals surface area contributed by atoms with Crippen molar-refractivity contribution in [3.8, 4) is 0 Å². The van der Waals surface area contributed by atoms with Crippen molar-refractivity contribution < 1.29 is 9.69 Å².